The Morgan fingerprint density at radius 1 is 1.24 bits per heavy atom. The fraction of sp³-hybridized carbons (Fsp3) is 0.267. The molecule has 0 atom stereocenters. The number of hydrogen-bond acceptors (Lipinski definition) is 5. The van der Waals surface area contributed by atoms with Crippen molar-refractivity contribution in [2.45, 2.75) is 12.8 Å². The molecule has 0 unspecified atom stereocenters. The fourth-order valence-corrected chi connectivity index (χ4v) is 2.46. The van der Waals surface area contributed by atoms with Crippen molar-refractivity contribution < 1.29 is 24.2 Å². The molecule has 2 N–H and O–H groups in total. The monoisotopic (exact) mass is 289 g/mol. The van der Waals surface area contributed by atoms with Crippen LogP contribution in [-0.2, 0) is 4.79 Å². The van der Waals surface area contributed by atoms with E-state index in [0.717, 1.165) is 0 Å². The molecule has 3 rings (SSSR count). The topological polar surface area (TPSA) is 83.1 Å². The summed E-state index contributed by atoms with van der Waals surface area (Å²) in [7, 11) is 1.50. The van der Waals surface area contributed by atoms with Gasteiger partial charge in [0.15, 0.2) is 5.76 Å². The number of para-hydroxylation sites is 1. The molecule has 1 amide bonds. The summed E-state index contributed by atoms with van der Waals surface area (Å²) < 4.78 is 10.8. The normalized spacial score (nSPS) is 14.7. The minimum Gasteiger partial charge on any atom is -0.502 e. The summed E-state index contributed by atoms with van der Waals surface area (Å²) in [6, 6.07) is 6.96. The lowest BCUT2D eigenvalue weighted by Gasteiger charge is -2.11. The molecule has 1 aromatic carbocycles. The molecule has 110 valence electrons. The van der Waals surface area contributed by atoms with Crippen LogP contribution in [0.15, 0.2) is 28.7 Å². The summed E-state index contributed by atoms with van der Waals surface area (Å²) in [4.78, 5) is 13.1. The van der Waals surface area contributed by atoms with Gasteiger partial charge in [-0.3, -0.25) is 9.69 Å². The van der Waals surface area contributed by atoms with Gasteiger partial charge in [-0.25, -0.2) is 0 Å². The highest BCUT2D eigenvalue weighted by molar-refractivity contribution is 5.96. The van der Waals surface area contributed by atoms with Crippen LogP contribution in [0.4, 0.5) is 5.88 Å². The second-order valence-electron chi connectivity index (χ2n) is 4.78. The van der Waals surface area contributed by atoms with Crippen molar-refractivity contribution >= 4 is 11.8 Å². The summed E-state index contributed by atoms with van der Waals surface area (Å²) in [5, 5.41) is 20.1. The van der Waals surface area contributed by atoms with Crippen LogP contribution in [0.2, 0.25) is 0 Å². The number of methoxy groups -OCH3 is 1. The van der Waals surface area contributed by atoms with Gasteiger partial charge in [0.1, 0.15) is 5.75 Å². The van der Waals surface area contributed by atoms with Crippen LogP contribution in [-0.4, -0.2) is 29.8 Å². The molecule has 6 heteroatoms. The number of aromatic hydroxyl groups is 2. The van der Waals surface area contributed by atoms with Crippen LogP contribution in [0.5, 0.6) is 17.2 Å². The summed E-state index contributed by atoms with van der Waals surface area (Å²) >= 11 is 0. The highest BCUT2D eigenvalue weighted by Gasteiger charge is 2.31. The zero-order valence-corrected chi connectivity index (χ0v) is 11.5. The van der Waals surface area contributed by atoms with Gasteiger partial charge < -0.3 is 19.4 Å². The van der Waals surface area contributed by atoms with Gasteiger partial charge in [0.05, 0.1) is 12.7 Å². The van der Waals surface area contributed by atoms with Crippen molar-refractivity contribution in [1.82, 2.24) is 0 Å². The predicted molar refractivity (Wildman–Crippen MR) is 75.6 cm³/mol. The molecule has 1 saturated heterocycles. The number of amides is 1. The molecule has 0 bridgehead atoms. The van der Waals surface area contributed by atoms with E-state index in [9.17, 15) is 15.0 Å². The van der Waals surface area contributed by atoms with Crippen molar-refractivity contribution in [2.24, 2.45) is 0 Å². The van der Waals surface area contributed by atoms with Gasteiger partial charge in [0.2, 0.25) is 23.3 Å². The fourth-order valence-electron chi connectivity index (χ4n) is 2.46. The van der Waals surface area contributed by atoms with Crippen LogP contribution >= 0.6 is 0 Å². The van der Waals surface area contributed by atoms with E-state index in [1.165, 1.54) is 12.0 Å². The van der Waals surface area contributed by atoms with Gasteiger partial charge in [-0.2, -0.15) is 0 Å². The number of benzene rings is 1. The van der Waals surface area contributed by atoms with Gasteiger partial charge in [-0.1, -0.05) is 12.1 Å². The molecule has 0 aliphatic carbocycles. The molecule has 21 heavy (non-hydrogen) atoms. The van der Waals surface area contributed by atoms with Gasteiger partial charge in [-0.15, -0.1) is 0 Å². The number of carbonyl (C=O) groups excluding carboxylic acids is 1. The average Bonchev–Trinajstić information content (AvgIpc) is 3.04. The van der Waals surface area contributed by atoms with E-state index in [0.29, 0.717) is 30.7 Å². The van der Waals surface area contributed by atoms with Gasteiger partial charge in [0, 0.05) is 13.0 Å². The van der Waals surface area contributed by atoms with Crippen LogP contribution < -0.4 is 9.64 Å². The maximum absolute atomic E-state index is 11.8. The van der Waals surface area contributed by atoms with E-state index in [4.69, 9.17) is 9.15 Å². The Kier molecular flexibility index (Phi) is 3.21. The molecule has 0 saturated carbocycles. The van der Waals surface area contributed by atoms with Crippen LogP contribution in [0.25, 0.3) is 11.3 Å². The molecule has 1 aliphatic heterocycles. The zero-order valence-electron chi connectivity index (χ0n) is 11.5. The molecule has 0 spiro atoms. The summed E-state index contributed by atoms with van der Waals surface area (Å²) in [5.74, 6) is -0.387. The van der Waals surface area contributed by atoms with E-state index in [1.807, 2.05) is 0 Å². The SMILES string of the molecule is COc1ccccc1-c1oc(N2CCCC2=O)c(O)c1O. The Morgan fingerprint density at radius 3 is 2.67 bits per heavy atom. The third kappa shape index (κ3) is 2.08. The number of nitrogens with zero attached hydrogens (tertiary/aromatic N) is 1. The second kappa shape index (κ2) is 5.05. The lowest BCUT2D eigenvalue weighted by Crippen LogP contribution is -2.23. The Labute approximate surface area is 121 Å². The van der Waals surface area contributed by atoms with Gasteiger partial charge in [-0.05, 0) is 18.6 Å². The van der Waals surface area contributed by atoms with Crippen molar-refractivity contribution in [3.8, 4) is 28.6 Å². The number of anilines is 1. The molecule has 0 radical (unpaired) electrons. The average molecular weight is 289 g/mol. The molecular weight excluding hydrogens is 274 g/mol. The largest absolute Gasteiger partial charge is 0.502 e. The van der Waals surface area contributed by atoms with Crippen molar-refractivity contribution in [3.63, 3.8) is 0 Å². The number of hydrogen-bond donors (Lipinski definition) is 2. The number of rotatable bonds is 3. The molecule has 6 nitrogen and oxygen atoms in total. The maximum atomic E-state index is 11.8. The zero-order chi connectivity index (χ0) is 15.0. The van der Waals surface area contributed by atoms with Crippen molar-refractivity contribution in [2.75, 3.05) is 18.6 Å². The Morgan fingerprint density at radius 2 is 2.00 bits per heavy atom. The summed E-state index contributed by atoms with van der Waals surface area (Å²) in [5.41, 5.74) is 0.505. The molecule has 2 aromatic rings. The van der Waals surface area contributed by atoms with Crippen molar-refractivity contribution in [1.29, 1.82) is 0 Å². The third-order valence-corrected chi connectivity index (χ3v) is 3.51. The third-order valence-electron chi connectivity index (χ3n) is 3.51. The van der Waals surface area contributed by atoms with Crippen LogP contribution in [0.1, 0.15) is 12.8 Å². The lowest BCUT2D eigenvalue weighted by molar-refractivity contribution is -0.117. The van der Waals surface area contributed by atoms with E-state index in [-0.39, 0.29) is 17.6 Å². The standard InChI is InChI=1S/C15H15NO5/c1-20-10-6-3-2-5-9(10)14-12(18)13(19)15(21-14)16-8-4-7-11(16)17/h2-3,5-6,18-19H,4,7-8H2,1H3. The van der Waals surface area contributed by atoms with Crippen LogP contribution in [0.3, 0.4) is 0 Å². The van der Waals surface area contributed by atoms with Gasteiger partial charge >= 0.3 is 0 Å². The quantitative estimate of drug-likeness (QED) is 0.907. The minimum atomic E-state index is -0.425. The molecule has 2 heterocycles. The number of carbonyl (C=O) groups is 1. The Bertz CT molecular complexity index is 691. The lowest BCUT2D eigenvalue weighted by atomic mass is 10.1. The first-order valence-corrected chi connectivity index (χ1v) is 6.62. The first-order chi connectivity index (χ1) is 10.1. The Balaban J connectivity index is 2.10. The first kappa shape index (κ1) is 13.4. The summed E-state index contributed by atoms with van der Waals surface area (Å²) in [6.45, 7) is 0.463. The number of ether oxygens (including phenoxy) is 1. The first-order valence-electron chi connectivity index (χ1n) is 6.62. The molecular formula is C15H15NO5. The second-order valence-corrected chi connectivity index (χ2v) is 4.78. The predicted octanol–water partition coefficient (Wildman–Crippen LogP) is 2.49. The smallest absolute Gasteiger partial charge is 0.249 e. The molecule has 1 aliphatic rings. The van der Waals surface area contributed by atoms with E-state index in [2.05, 4.69) is 0 Å². The molecule has 1 fully saturated rings. The minimum absolute atomic E-state index is 0.0177. The maximum Gasteiger partial charge on any atom is 0.249 e. The van der Waals surface area contributed by atoms with E-state index >= 15 is 0 Å². The van der Waals surface area contributed by atoms with Gasteiger partial charge in [0.25, 0.3) is 0 Å². The number of furan rings is 1. The Hall–Kier alpha value is -2.63. The molecule has 1 aromatic heterocycles. The summed E-state index contributed by atoms with van der Waals surface area (Å²) in [6.07, 6.45) is 1.11. The van der Waals surface area contributed by atoms with E-state index in [1.54, 1.807) is 24.3 Å². The highest BCUT2D eigenvalue weighted by Crippen LogP contribution is 2.49. The van der Waals surface area contributed by atoms with E-state index < -0.39 is 11.5 Å². The van der Waals surface area contributed by atoms with Crippen molar-refractivity contribution in [3.05, 3.63) is 24.3 Å². The highest BCUT2D eigenvalue weighted by atomic mass is 16.5. The van der Waals surface area contributed by atoms with Crippen LogP contribution in [0, 0.1) is 0 Å².